The number of carboxylic acids is 1. The van der Waals surface area contributed by atoms with Crippen LogP contribution >= 0.6 is 11.8 Å². The average molecular weight is 372 g/mol. The van der Waals surface area contributed by atoms with E-state index in [1.807, 2.05) is 30.3 Å². The summed E-state index contributed by atoms with van der Waals surface area (Å²) in [6, 6.07) is 12.8. The minimum absolute atomic E-state index is 0.0373. The molecule has 1 aliphatic rings. The Kier molecular flexibility index (Phi) is 6.12. The summed E-state index contributed by atoms with van der Waals surface area (Å²) in [6.45, 7) is 0.957. The topological polar surface area (TPSA) is 79.7 Å². The number of carbonyl (C=O) groups excluding carboxylic acids is 1. The molecular formula is C19H20N2O4S. The zero-order valence-electron chi connectivity index (χ0n) is 14.2. The molecule has 1 atom stereocenters. The van der Waals surface area contributed by atoms with Crippen LogP contribution in [0.15, 0.2) is 48.7 Å². The van der Waals surface area contributed by atoms with Crippen LogP contribution in [0.4, 0.5) is 0 Å². The molecule has 1 amide bonds. The van der Waals surface area contributed by atoms with Gasteiger partial charge in [0.25, 0.3) is 5.91 Å². The van der Waals surface area contributed by atoms with Crippen LogP contribution in [0.25, 0.3) is 0 Å². The van der Waals surface area contributed by atoms with E-state index in [-0.39, 0.29) is 18.4 Å². The molecule has 1 fully saturated rings. The molecule has 0 saturated carbocycles. The number of aliphatic carboxylic acids is 1. The summed E-state index contributed by atoms with van der Waals surface area (Å²) in [4.78, 5) is 29.6. The lowest BCUT2D eigenvalue weighted by Crippen LogP contribution is -2.47. The van der Waals surface area contributed by atoms with Gasteiger partial charge in [-0.15, -0.1) is 0 Å². The number of pyridine rings is 1. The van der Waals surface area contributed by atoms with Gasteiger partial charge in [-0.2, -0.15) is 11.8 Å². The number of aromatic nitrogens is 1. The number of thioether (sulfide) groups is 1. The maximum absolute atomic E-state index is 12.7. The van der Waals surface area contributed by atoms with E-state index < -0.39 is 5.97 Å². The van der Waals surface area contributed by atoms with Crippen LogP contribution in [0, 0.1) is 0 Å². The first-order valence-electron chi connectivity index (χ1n) is 8.37. The Morgan fingerprint density at radius 3 is 2.73 bits per heavy atom. The van der Waals surface area contributed by atoms with Gasteiger partial charge >= 0.3 is 5.97 Å². The number of benzene rings is 1. The molecule has 1 aromatic carbocycles. The summed E-state index contributed by atoms with van der Waals surface area (Å²) < 4.78 is 5.63. The second-order valence-corrected chi connectivity index (χ2v) is 7.13. The number of hydrogen-bond donors (Lipinski definition) is 1. The third-order valence-corrected chi connectivity index (χ3v) is 5.20. The second kappa shape index (κ2) is 8.71. The van der Waals surface area contributed by atoms with Gasteiger partial charge in [0.2, 0.25) is 5.88 Å². The lowest BCUT2D eigenvalue weighted by atomic mass is 10.1. The number of nitrogens with zero attached hydrogens (tertiary/aromatic N) is 2. The van der Waals surface area contributed by atoms with Crippen LogP contribution < -0.4 is 4.74 Å². The minimum atomic E-state index is -0.891. The van der Waals surface area contributed by atoms with Crippen molar-refractivity contribution in [2.75, 3.05) is 18.1 Å². The van der Waals surface area contributed by atoms with Gasteiger partial charge in [0, 0.05) is 30.3 Å². The minimum Gasteiger partial charge on any atom is -0.481 e. The number of ether oxygens (including phenoxy) is 1. The fourth-order valence-electron chi connectivity index (χ4n) is 2.78. The molecule has 1 saturated heterocycles. The first kappa shape index (κ1) is 18.3. The first-order valence-corrected chi connectivity index (χ1v) is 9.52. The van der Waals surface area contributed by atoms with Crippen LogP contribution in [0.3, 0.4) is 0 Å². The quantitative estimate of drug-likeness (QED) is 0.840. The SMILES string of the molecule is O=C(O)CC1CSCCN1C(=O)c1ccc(OCc2ccccc2)nc1. The molecule has 1 unspecified atom stereocenters. The molecule has 0 aliphatic carbocycles. The van der Waals surface area contributed by atoms with Gasteiger partial charge in [0.15, 0.2) is 0 Å². The predicted octanol–water partition coefficient (Wildman–Crippen LogP) is 2.69. The number of carboxylic acid groups (broad SMARTS) is 1. The molecule has 6 nitrogen and oxygen atoms in total. The van der Waals surface area contributed by atoms with Gasteiger partial charge in [0.1, 0.15) is 6.61 Å². The molecule has 3 rings (SSSR count). The summed E-state index contributed by atoms with van der Waals surface area (Å²) in [7, 11) is 0. The van der Waals surface area contributed by atoms with Crippen molar-refractivity contribution >= 4 is 23.6 Å². The Balaban J connectivity index is 1.63. The molecule has 136 valence electrons. The van der Waals surface area contributed by atoms with Crippen LogP contribution in [0.2, 0.25) is 0 Å². The largest absolute Gasteiger partial charge is 0.481 e. The van der Waals surface area contributed by atoms with Crippen molar-refractivity contribution < 1.29 is 19.4 Å². The van der Waals surface area contributed by atoms with Gasteiger partial charge in [-0.3, -0.25) is 9.59 Å². The van der Waals surface area contributed by atoms with Gasteiger partial charge in [0.05, 0.1) is 18.0 Å². The Morgan fingerprint density at radius 2 is 2.04 bits per heavy atom. The van der Waals surface area contributed by atoms with Crippen molar-refractivity contribution in [2.45, 2.75) is 19.1 Å². The lowest BCUT2D eigenvalue weighted by molar-refractivity contribution is -0.138. The van der Waals surface area contributed by atoms with Crippen molar-refractivity contribution in [1.82, 2.24) is 9.88 Å². The van der Waals surface area contributed by atoms with Gasteiger partial charge in [-0.1, -0.05) is 30.3 Å². The molecule has 26 heavy (non-hydrogen) atoms. The van der Waals surface area contributed by atoms with Crippen molar-refractivity contribution in [3.05, 3.63) is 59.8 Å². The van der Waals surface area contributed by atoms with Crippen LogP contribution in [-0.4, -0.2) is 51.0 Å². The van der Waals surface area contributed by atoms with E-state index in [1.54, 1.807) is 28.8 Å². The monoisotopic (exact) mass is 372 g/mol. The Bertz CT molecular complexity index is 752. The highest BCUT2D eigenvalue weighted by Gasteiger charge is 2.29. The first-order chi connectivity index (χ1) is 12.6. The molecular weight excluding hydrogens is 352 g/mol. The van der Waals surface area contributed by atoms with E-state index in [0.29, 0.717) is 30.3 Å². The zero-order valence-corrected chi connectivity index (χ0v) is 15.0. The van der Waals surface area contributed by atoms with E-state index in [0.717, 1.165) is 11.3 Å². The van der Waals surface area contributed by atoms with Gasteiger partial charge in [-0.05, 0) is 11.6 Å². The average Bonchev–Trinajstić information content (AvgIpc) is 2.67. The highest BCUT2D eigenvalue weighted by atomic mass is 32.2. The normalized spacial score (nSPS) is 16.9. The number of hydrogen-bond acceptors (Lipinski definition) is 5. The zero-order chi connectivity index (χ0) is 18.4. The molecule has 0 spiro atoms. The maximum Gasteiger partial charge on any atom is 0.305 e. The molecule has 1 aliphatic heterocycles. The summed E-state index contributed by atoms with van der Waals surface area (Å²) in [5, 5.41) is 9.05. The molecule has 0 radical (unpaired) electrons. The number of carbonyl (C=O) groups is 2. The summed E-state index contributed by atoms with van der Waals surface area (Å²) in [5.41, 5.74) is 1.48. The third kappa shape index (κ3) is 4.76. The smallest absolute Gasteiger partial charge is 0.305 e. The second-order valence-electron chi connectivity index (χ2n) is 5.98. The van der Waals surface area contributed by atoms with Crippen LogP contribution in [0.5, 0.6) is 5.88 Å². The molecule has 0 bridgehead atoms. The number of amides is 1. The fourth-order valence-corrected chi connectivity index (χ4v) is 3.84. The standard InChI is InChI=1S/C19H20N2O4S/c22-18(23)10-16-13-26-9-8-21(16)19(24)15-6-7-17(20-11-15)25-12-14-4-2-1-3-5-14/h1-7,11,16H,8-10,12-13H2,(H,22,23). The van der Waals surface area contributed by atoms with Gasteiger partial charge < -0.3 is 14.7 Å². The van der Waals surface area contributed by atoms with E-state index in [1.165, 1.54) is 6.20 Å². The Hall–Kier alpha value is -2.54. The molecule has 7 heteroatoms. The fraction of sp³-hybridized carbons (Fsp3) is 0.316. The summed E-state index contributed by atoms with van der Waals surface area (Å²) in [6.07, 6.45) is 1.45. The molecule has 2 aromatic rings. The van der Waals surface area contributed by atoms with Gasteiger partial charge in [-0.25, -0.2) is 4.98 Å². The summed E-state index contributed by atoms with van der Waals surface area (Å²) >= 11 is 1.68. The van der Waals surface area contributed by atoms with Crippen LogP contribution in [-0.2, 0) is 11.4 Å². The third-order valence-electron chi connectivity index (χ3n) is 4.11. The Labute approximate surface area is 156 Å². The van der Waals surface area contributed by atoms with E-state index in [2.05, 4.69) is 4.98 Å². The Morgan fingerprint density at radius 1 is 1.23 bits per heavy atom. The highest BCUT2D eigenvalue weighted by molar-refractivity contribution is 7.99. The van der Waals surface area contributed by atoms with Crippen molar-refractivity contribution in [1.29, 1.82) is 0 Å². The van der Waals surface area contributed by atoms with E-state index in [9.17, 15) is 9.59 Å². The molecule has 2 heterocycles. The maximum atomic E-state index is 12.7. The molecule has 1 N–H and O–H groups in total. The lowest BCUT2D eigenvalue weighted by Gasteiger charge is -2.34. The molecule has 1 aromatic heterocycles. The van der Waals surface area contributed by atoms with Crippen molar-refractivity contribution in [3.8, 4) is 5.88 Å². The van der Waals surface area contributed by atoms with Crippen molar-refractivity contribution in [3.63, 3.8) is 0 Å². The highest BCUT2D eigenvalue weighted by Crippen LogP contribution is 2.22. The van der Waals surface area contributed by atoms with Crippen LogP contribution in [0.1, 0.15) is 22.3 Å². The predicted molar refractivity (Wildman–Crippen MR) is 99.4 cm³/mol. The van der Waals surface area contributed by atoms with E-state index >= 15 is 0 Å². The summed E-state index contributed by atoms with van der Waals surface area (Å²) in [5.74, 6) is 0.829. The van der Waals surface area contributed by atoms with E-state index in [4.69, 9.17) is 9.84 Å². The van der Waals surface area contributed by atoms with Crippen molar-refractivity contribution in [2.24, 2.45) is 0 Å². The number of rotatable bonds is 6.